The molecule has 4 nitrogen and oxygen atoms in total. The summed E-state index contributed by atoms with van der Waals surface area (Å²) in [4.78, 5) is 9.98. The number of rotatable bonds is 1. The zero-order chi connectivity index (χ0) is 9.42. The molecular formula is C9H7NO3. The van der Waals surface area contributed by atoms with Crippen LogP contribution in [0, 0.1) is 17.0 Å². The number of benzene rings is 1. The first kappa shape index (κ1) is 7.79. The molecule has 0 N–H and O–H groups in total. The van der Waals surface area contributed by atoms with Crippen LogP contribution in [-0.2, 0) is 0 Å². The van der Waals surface area contributed by atoms with Crippen molar-refractivity contribution in [1.29, 1.82) is 0 Å². The fourth-order valence-corrected chi connectivity index (χ4v) is 1.26. The minimum atomic E-state index is -0.433. The van der Waals surface area contributed by atoms with Gasteiger partial charge in [-0.15, -0.1) is 0 Å². The molecule has 66 valence electrons. The van der Waals surface area contributed by atoms with Gasteiger partial charge in [0, 0.05) is 11.5 Å². The number of nitro groups is 1. The fraction of sp³-hybridized carbons (Fsp3) is 0.111. The van der Waals surface area contributed by atoms with Crippen LogP contribution in [0.4, 0.5) is 5.69 Å². The summed E-state index contributed by atoms with van der Waals surface area (Å²) < 4.78 is 5.14. The van der Waals surface area contributed by atoms with Gasteiger partial charge in [-0.05, 0) is 18.6 Å². The lowest BCUT2D eigenvalue weighted by atomic mass is 10.2. The molecule has 4 heteroatoms. The number of nitro benzene ring substituents is 1. The molecule has 1 heterocycles. The number of hydrogen-bond acceptors (Lipinski definition) is 3. The lowest BCUT2D eigenvalue weighted by Gasteiger charge is -1.90. The molecule has 1 aromatic carbocycles. The number of nitrogens with zero attached hydrogens (tertiary/aromatic N) is 1. The molecule has 0 aliphatic carbocycles. The molecule has 0 atom stereocenters. The van der Waals surface area contributed by atoms with Gasteiger partial charge in [-0.2, -0.15) is 0 Å². The number of aryl methyl sites for hydroxylation is 1. The van der Waals surface area contributed by atoms with Crippen LogP contribution in [0.2, 0.25) is 0 Å². The second kappa shape index (κ2) is 2.58. The van der Waals surface area contributed by atoms with Gasteiger partial charge in [-0.25, -0.2) is 0 Å². The number of fused-ring (bicyclic) bond motifs is 1. The Balaban J connectivity index is 2.70. The predicted molar refractivity (Wildman–Crippen MR) is 47.6 cm³/mol. The van der Waals surface area contributed by atoms with E-state index in [0.717, 1.165) is 10.9 Å². The molecule has 0 saturated carbocycles. The van der Waals surface area contributed by atoms with E-state index < -0.39 is 4.92 Å². The molecule has 0 aliphatic rings. The summed E-state index contributed by atoms with van der Waals surface area (Å²) in [6, 6.07) is 4.61. The Hall–Kier alpha value is -1.84. The molecule has 1 aromatic heterocycles. The Morgan fingerprint density at radius 1 is 1.46 bits per heavy atom. The van der Waals surface area contributed by atoms with Gasteiger partial charge < -0.3 is 4.42 Å². The molecule has 13 heavy (non-hydrogen) atoms. The summed E-state index contributed by atoms with van der Waals surface area (Å²) in [6.45, 7) is 1.90. The van der Waals surface area contributed by atoms with E-state index in [2.05, 4.69) is 0 Å². The molecule has 0 bridgehead atoms. The highest BCUT2D eigenvalue weighted by Gasteiger charge is 2.08. The third kappa shape index (κ3) is 1.16. The lowest BCUT2D eigenvalue weighted by Crippen LogP contribution is -1.86. The minimum absolute atomic E-state index is 0.0573. The van der Waals surface area contributed by atoms with Crippen molar-refractivity contribution >= 4 is 16.7 Å². The fourth-order valence-electron chi connectivity index (χ4n) is 1.26. The molecule has 2 rings (SSSR count). The smallest absolute Gasteiger partial charge is 0.273 e. The van der Waals surface area contributed by atoms with Gasteiger partial charge in [-0.3, -0.25) is 10.1 Å². The number of non-ortho nitro benzene ring substituents is 1. The maximum Gasteiger partial charge on any atom is 0.273 e. The van der Waals surface area contributed by atoms with E-state index in [1.165, 1.54) is 12.1 Å². The van der Waals surface area contributed by atoms with Gasteiger partial charge in [0.2, 0.25) is 0 Å². The van der Waals surface area contributed by atoms with Crippen LogP contribution in [0.3, 0.4) is 0 Å². The first-order chi connectivity index (χ1) is 6.18. The topological polar surface area (TPSA) is 56.3 Å². The van der Waals surface area contributed by atoms with E-state index in [-0.39, 0.29) is 5.69 Å². The van der Waals surface area contributed by atoms with E-state index in [1.807, 2.05) is 6.92 Å². The molecule has 0 fully saturated rings. The van der Waals surface area contributed by atoms with E-state index in [9.17, 15) is 10.1 Å². The molecule has 0 saturated heterocycles. The van der Waals surface area contributed by atoms with Crippen molar-refractivity contribution in [3.05, 3.63) is 40.1 Å². The average Bonchev–Trinajstić information content (AvgIpc) is 2.47. The first-order valence-electron chi connectivity index (χ1n) is 3.81. The van der Waals surface area contributed by atoms with Gasteiger partial charge in [0.25, 0.3) is 5.69 Å². The first-order valence-corrected chi connectivity index (χ1v) is 3.81. The molecule has 0 radical (unpaired) electrons. The largest absolute Gasteiger partial charge is 0.464 e. The monoisotopic (exact) mass is 177 g/mol. The highest BCUT2D eigenvalue weighted by Crippen LogP contribution is 2.24. The van der Waals surface area contributed by atoms with Crippen LogP contribution in [0.1, 0.15) is 5.56 Å². The van der Waals surface area contributed by atoms with Crippen molar-refractivity contribution in [2.75, 3.05) is 0 Å². The summed E-state index contributed by atoms with van der Waals surface area (Å²) in [5.74, 6) is 0. The molecule has 2 aromatic rings. The van der Waals surface area contributed by atoms with Crippen LogP contribution in [0.15, 0.2) is 28.9 Å². The number of furan rings is 1. The van der Waals surface area contributed by atoms with Crippen LogP contribution in [-0.4, -0.2) is 4.92 Å². The third-order valence-corrected chi connectivity index (χ3v) is 1.96. The maximum absolute atomic E-state index is 10.4. The zero-order valence-corrected chi connectivity index (χ0v) is 6.98. The van der Waals surface area contributed by atoms with E-state index in [0.29, 0.717) is 5.58 Å². The van der Waals surface area contributed by atoms with Gasteiger partial charge in [0.1, 0.15) is 5.58 Å². The second-order valence-corrected chi connectivity index (χ2v) is 2.86. The van der Waals surface area contributed by atoms with Crippen LogP contribution >= 0.6 is 0 Å². The van der Waals surface area contributed by atoms with Crippen LogP contribution in [0.25, 0.3) is 11.0 Å². The summed E-state index contributed by atoms with van der Waals surface area (Å²) in [5, 5.41) is 11.3. The predicted octanol–water partition coefficient (Wildman–Crippen LogP) is 2.65. The summed E-state index contributed by atoms with van der Waals surface area (Å²) >= 11 is 0. The zero-order valence-electron chi connectivity index (χ0n) is 6.98. The van der Waals surface area contributed by atoms with Crippen molar-refractivity contribution in [3.63, 3.8) is 0 Å². The normalized spacial score (nSPS) is 10.5. The molecule has 0 spiro atoms. The van der Waals surface area contributed by atoms with Gasteiger partial charge >= 0.3 is 0 Å². The van der Waals surface area contributed by atoms with Crippen LogP contribution < -0.4 is 0 Å². The molecular weight excluding hydrogens is 170 g/mol. The van der Waals surface area contributed by atoms with Crippen molar-refractivity contribution in [2.45, 2.75) is 6.92 Å². The number of hydrogen-bond donors (Lipinski definition) is 0. The Morgan fingerprint density at radius 2 is 2.23 bits per heavy atom. The quantitative estimate of drug-likeness (QED) is 0.497. The van der Waals surface area contributed by atoms with Crippen molar-refractivity contribution < 1.29 is 9.34 Å². The molecule has 0 aliphatic heterocycles. The SMILES string of the molecule is Cc1coc2cc([N+](=O)[O-])ccc12. The summed E-state index contributed by atoms with van der Waals surface area (Å²) in [5.41, 5.74) is 1.61. The van der Waals surface area contributed by atoms with Crippen molar-refractivity contribution in [1.82, 2.24) is 0 Å². The van der Waals surface area contributed by atoms with Gasteiger partial charge in [-0.1, -0.05) is 0 Å². The maximum atomic E-state index is 10.4. The third-order valence-electron chi connectivity index (χ3n) is 1.96. The second-order valence-electron chi connectivity index (χ2n) is 2.86. The Labute approximate surface area is 73.9 Å². The van der Waals surface area contributed by atoms with E-state index >= 15 is 0 Å². The summed E-state index contributed by atoms with van der Waals surface area (Å²) in [6.07, 6.45) is 1.59. The van der Waals surface area contributed by atoms with Crippen LogP contribution in [0.5, 0.6) is 0 Å². The minimum Gasteiger partial charge on any atom is -0.464 e. The Bertz CT molecular complexity index is 473. The standard InChI is InChI=1S/C9H7NO3/c1-6-5-13-9-4-7(10(11)12)2-3-8(6)9/h2-5H,1H3. The summed E-state index contributed by atoms with van der Waals surface area (Å²) in [7, 11) is 0. The lowest BCUT2D eigenvalue weighted by molar-refractivity contribution is -0.384. The highest BCUT2D eigenvalue weighted by molar-refractivity contribution is 5.82. The molecule has 0 amide bonds. The van der Waals surface area contributed by atoms with Crippen molar-refractivity contribution in [3.8, 4) is 0 Å². The average molecular weight is 177 g/mol. The van der Waals surface area contributed by atoms with Gasteiger partial charge in [0.15, 0.2) is 0 Å². The highest BCUT2D eigenvalue weighted by atomic mass is 16.6. The van der Waals surface area contributed by atoms with E-state index in [4.69, 9.17) is 4.42 Å². The Morgan fingerprint density at radius 3 is 2.92 bits per heavy atom. The Kier molecular flexibility index (Phi) is 1.55. The van der Waals surface area contributed by atoms with Gasteiger partial charge in [0.05, 0.1) is 17.3 Å². The van der Waals surface area contributed by atoms with E-state index in [1.54, 1.807) is 12.3 Å². The van der Waals surface area contributed by atoms with Crippen molar-refractivity contribution in [2.24, 2.45) is 0 Å². The molecule has 0 unspecified atom stereocenters.